The highest BCUT2D eigenvalue weighted by atomic mass is 32.2. The summed E-state index contributed by atoms with van der Waals surface area (Å²) in [6, 6.07) is 10.2. The molecule has 1 amide bonds. The lowest BCUT2D eigenvalue weighted by Crippen LogP contribution is -2.42. The molecule has 1 N–H and O–H groups in total. The van der Waals surface area contributed by atoms with E-state index in [2.05, 4.69) is 4.72 Å². The van der Waals surface area contributed by atoms with Crippen molar-refractivity contribution >= 4 is 27.3 Å². The molecule has 0 fully saturated rings. The molecule has 1 heterocycles. The third kappa shape index (κ3) is 4.87. The van der Waals surface area contributed by atoms with Crippen LogP contribution in [0.15, 0.2) is 42.5 Å². The van der Waals surface area contributed by atoms with Gasteiger partial charge in [-0.25, -0.2) is 12.8 Å². The number of fused-ring (bicyclic) bond motifs is 1. The summed E-state index contributed by atoms with van der Waals surface area (Å²) in [5, 5.41) is 0. The highest BCUT2D eigenvalue weighted by Crippen LogP contribution is 2.38. The first-order valence-corrected chi connectivity index (χ1v) is 11.1. The summed E-state index contributed by atoms with van der Waals surface area (Å²) < 4.78 is 46.4. The van der Waals surface area contributed by atoms with E-state index < -0.39 is 21.3 Å². The maximum atomic E-state index is 13.0. The fraction of sp³-hybridized carbons (Fsp3) is 0.381. The summed E-state index contributed by atoms with van der Waals surface area (Å²) in [7, 11) is -3.70. The number of carbonyl (C=O) groups is 1. The van der Waals surface area contributed by atoms with Crippen LogP contribution in [0.3, 0.4) is 0 Å². The quantitative estimate of drug-likeness (QED) is 0.768. The molecule has 156 valence electrons. The van der Waals surface area contributed by atoms with Crippen LogP contribution in [0.4, 0.5) is 15.8 Å². The maximum Gasteiger partial charge on any atom is 0.236 e. The van der Waals surface area contributed by atoms with Gasteiger partial charge in [-0.1, -0.05) is 19.1 Å². The van der Waals surface area contributed by atoms with Crippen molar-refractivity contribution in [3.63, 3.8) is 0 Å². The molecule has 0 spiro atoms. The predicted molar refractivity (Wildman–Crippen MR) is 111 cm³/mol. The molecule has 1 aliphatic heterocycles. The van der Waals surface area contributed by atoms with E-state index in [-0.39, 0.29) is 18.3 Å². The Balaban J connectivity index is 1.85. The molecule has 0 saturated heterocycles. The molecule has 0 radical (unpaired) electrons. The van der Waals surface area contributed by atoms with E-state index in [1.165, 1.54) is 24.3 Å². The minimum atomic E-state index is -3.70. The highest BCUT2D eigenvalue weighted by Gasteiger charge is 2.37. The van der Waals surface area contributed by atoms with Gasteiger partial charge in [0.15, 0.2) is 0 Å². The Morgan fingerprint density at radius 1 is 1.17 bits per heavy atom. The van der Waals surface area contributed by atoms with Crippen molar-refractivity contribution in [2.45, 2.75) is 32.9 Å². The van der Waals surface area contributed by atoms with Gasteiger partial charge in [-0.05, 0) is 50.1 Å². The lowest BCUT2D eigenvalue weighted by Gasteiger charge is -2.27. The number of amides is 1. The van der Waals surface area contributed by atoms with E-state index in [1.807, 2.05) is 20.8 Å². The molecule has 2 aromatic rings. The highest BCUT2D eigenvalue weighted by molar-refractivity contribution is 7.91. The Hall–Kier alpha value is -2.61. The smallest absolute Gasteiger partial charge is 0.236 e. The van der Waals surface area contributed by atoms with Crippen LogP contribution in [0.1, 0.15) is 32.8 Å². The Morgan fingerprint density at radius 3 is 2.52 bits per heavy atom. The number of nitrogens with one attached hydrogen (secondary N) is 1. The molecule has 3 rings (SSSR count). The topological polar surface area (TPSA) is 75.7 Å². The fourth-order valence-electron chi connectivity index (χ4n) is 3.17. The average Bonchev–Trinajstić information content (AvgIpc) is 2.74. The first-order chi connectivity index (χ1) is 13.6. The second-order valence-corrected chi connectivity index (χ2v) is 9.52. The van der Waals surface area contributed by atoms with Crippen molar-refractivity contribution in [1.82, 2.24) is 0 Å². The van der Waals surface area contributed by atoms with Crippen molar-refractivity contribution in [2.75, 3.05) is 22.8 Å². The van der Waals surface area contributed by atoms with Gasteiger partial charge in [-0.15, -0.1) is 0 Å². The van der Waals surface area contributed by atoms with Gasteiger partial charge in [0.2, 0.25) is 15.9 Å². The van der Waals surface area contributed by atoms with Crippen LogP contribution >= 0.6 is 0 Å². The number of nitrogens with zero attached hydrogens (tertiary/aromatic N) is 1. The molecule has 0 saturated carbocycles. The lowest BCUT2D eigenvalue weighted by atomic mass is 9.93. The summed E-state index contributed by atoms with van der Waals surface area (Å²) in [4.78, 5) is 14.6. The van der Waals surface area contributed by atoms with Gasteiger partial charge in [0.05, 0.1) is 22.5 Å². The summed E-state index contributed by atoms with van der Waals surface area (Å²) in [6.45, 7) is 6.40. The van der Waals surface area contributed by atoms with Crippen molar-refractivity contribution in [3.8, 4) is 5.75 Å². The number of ether oxygens (including phenoxy) is 1. The standard InChI is InChI=1S/C21H25FN2O4S/c1-4-11-24-18-10-9-17(12-19(18)28-14-21(2,3)20(24)25)23-29(26,27)13-15-5-7-16(22)8-6-15/h5-10,12,23H,4,11,13-14H2,1-3H3. The number of hydrogen-bond acceptors (Lipinski definition) is 4. The normalized spacial score (nSPS) is 16.0. The van der Waals surface area contributed by atoms with Crippen LogP contribution in [-0.4, -0.2) is 27.5 Å². The molecular formula is C21H25FN2O4S. The zero-order chi connectivity index (χ0) is 21.2. The molecule has 29 heavy (non-hydrogen) atoms. The molecule has 8 heteroatoms. The molecule has 0 aromatic heterocycles. The van der Waals surface area contributed by atoms with Crippen molar-refractivity contribution < 1.29 is 22.3 Å². The number of hydrogen-bond donors (Lipinski definition) is 1. The Morgan fingerprint density at radius 2 is 1.86 bits per heavy atom. The number of rotatable bonds is 6. The molecule has 0 aliphatic carbocycles. The summed E-state index contributed by atoms with van der Waals surface area (Å²) in [5.41, 5.74) is 0.765. The summed E-state index contributed by atoms with van der Waals surface area (Å²) >= 11 is 0. The third-order valence-corrected chi connectivity index (χ3v) is 5.91. The van der Waals surface area contributed by atoms with Crippen LogP contribution in [0.25, 0.3) is 0 Å². The van der Waals surface area contributed by atoms with E-state index in [4.69, 9.17) is 4.74 Å². The van der Waals surface area contributed by atoms with Crippen LogP contribution < -0.4 is 14.4 Å². The Kier molecular flexibility index (Phi) is 5.84. The lowest BCUT2D eigenvalue weighted by molar-refractivity contribution is -0.127. The zero-order valence-electron chi connectivity index (χ0n) is 16.7. The number of benzene rings is 2. The van der Waals surface area contributed by atoms with E-state index in [0.717, 1.165) is 6.42 Å². The number of anilines is 2. The van der Waals surface area contributed by atoms with Crippen molar-refractivity contribution in [3.05, 3.63) is 53.8 Å². The van der Waals surface area contributed by atoms with Gasteiger partial charge in [-0.3, -0.25) is 9.52 Å². The largest absolute Gasteiger partial charge is 0.490 e. The molecule has 2 aromatic carbocycles. The van der Waals surface area contributed by atoms with Crippen molar-refractivity contribution in [2.24, 2.45) is 5.41 Å². The Labute approximate surface area is 170 Å². The van der Waals surface area contributed by atoms with E-state index in [9.17, 15) is 17.6 Å². The van der Waals surface area contributed by atoms with Crippen LogP contribution in [0.2, 0.25) is 0 Å². The molecule has 0 atom stereocenters. The van der Waals surface area contributed by atoms with E-state index in [0.29, 0.717) is 29.2 Å². The minimum Gasteiger partial charge on any atom is -0.490 e. The molecule has 6 nitrogen and oxygen atoms in total. The van der Waals surface area contributed by atoms with Gasteiger partial charge in [0.25, 0.3) is 0 Å². The molecular weight excluding hydrogens is 395 g/mol. The monoisotopic (exact) mass is 420 g/mol. The average molecular weight is 421 g/mol. The van der Waals surface area contributed by atoms with Crippen LogP contribution in [-0.2, 0) is 20.6 Å². The van der Waals surface area contributed by atoms with Gasteiger partial charge < -0.3 is 9.64 Å². The molecule has 1 aliphatic rings. The predicted octanol–water partition coefficient (Wildman–Crippen LogP) is 3.93. The summed E-state index contributed by atoms with van der Waals surface area (Å²) in [5.74, 6) is -0.267. The van der Waals surface area contributed by atoms with Crippen molar-refractivity contribution in [1.29, 1.82) is 0 Å². The summed E-state index contributed by atoms with van der Waals surface area (Å²) in [6.07, 6.45) is 0.785. The third-order valence-electron chi connectivity index (χ3n) is 4.65. The van der Waals surface area contributed by atoms with Crippen LogP contribution in [0, 0.1) is 11.2 Å². The van der Waals surface area contributed by atoms with E-state index >= 15 is 0 Å². The molecule has 0 bridgehead atoms. The van der Waals surface area contributed by atoms with Gasteiger partial charge in [0.1, 0.15) is 18.2 Å². The van der Waals surface area contributed by atoms with Crippen LogP contribution in [0.5, 0.6) is 5.75 Å². The van der Waals surface area contributed by atoms with Gasteiger partial charge in [0, 0.05) is 12.6 Å². The van der Waals surface area contributed by atoms with Gasteiger partial charge >= 0.3 is 0 Å². The zero-order valence-corrected chi connectivity index (χ0v) is 17.6. The first-order valence-electron chi connectivity index (χ1n) is 9.45. The SMILES string of the molecule is CCCN1C(=O)C(C)(C)COc2cc(NS(=O)(=O)Cc3ccc(F)cc3)ccc21. The number of carbonyl (C=O) groups excluding carboxylic acids is 1. The Bertz CT molecular complexity index is 1000. The second kappa shape index (κ2) is 8.02. The second-order valence-electron chi connectivity index (χ2n) is 7.80. The first kappa shape index (κ1) is 21.1. The number of sulfonamides is 1. The van der Waals surface area contributed by atoms with Gasteiger partial charge in [-0.2, -0.15) is 0 Å². The van der Waals surface area contributed by atoms with E-state index in [1.54, 1.807) is 23.1 Å². The minimum absolute atomic E-state index is 0.0252. The fourth-order valence-corrected chi connectivity index (χ4v) is 4.36. The molecule has 0 unspecified atom stereocenters. The maximum absolute atomic E-state index is 13.0. The number of halogens is 1.